The topological polar surface area (TPSA) is 79.4 Å². The van der Waals surface area contributed by atoms with E-state index in [4.69, 9.17) is 21.1 Å². The second-order valence-electron chi connectivity index (χ2n) is 9.42. The molecule has 0 radical (unpaired) electrons. The molecule has 3 aromatic rings. The number of ether oxygens (including phenoxy) is 2. The normalized spacial score (nSPS) is 16.5. The summed E-state index contributed by atoms with van der Waals surface area (Å²) in [5.41, 5.74) is 2.37. The van der Waals surface area contributed by atoms with Crippen molar-refractivity contribution in [2.75, 3.05) is 44.7 Å². The summed E-state index contributed by atoms with van der Waals surface area (Å²) in [7, 11) is 1.46. The number of carbonyl (C=O) groups excluding carboxylic acids is 3. The molecule has 41 heavy (non-hydrogen) atoms. The zero-order valence-corrected chi connectivity index (χ0v) is 23.8. The van der Waals surface area contributed by atoms with Gasteiger partial charge in [0.15, 0.2) is 11.5 Å². The molecule has 0 aromatic heterocycles. The zero-order valence-electron chi connectivity index (χ0n) is 22.2. The Morgan fingerprint density at radius 2 is 1.73 bits per heavy atom. The van der Waals surface area contributed by atoms with Crippen molar-refractivity contribution in [3.05, 3.63) is 93.6 Å². The maximum atomic E-state index is 13.2. The highest BCUT2D eigenvalue weighted by atomic mass is 35.5. The predicted octanol–water partition coefficient (Wildman–Crippen LogP) is 5.45. The molecule has 3 aromatic carbocycles. The van der Waals surface area contributed by atoms with E-state index in [1.807, 2.05) is 30.3 Å². The molecule has 0 N–H and O–H groups in total. The van der Waals surface area contributed by atoms with Gasteiger partial charge in [-0.3, -0.25) is 19.3 Å². The molecule has 2 fully saturated rings. The molecule has 0 bridgehead atoms. The Bertz CT molecular complexity index is 1480. The molecule has 0 aliphatic carbocycles. The Morgan fingerprint density at radius 3 is 2.41 bits per heavy atom. The molecule has 212 valence electrons. The average Bonchev–Trinajstić information content (AvgIpc) is 3.24. The highest BCUT2D eigenvalue weighted by molar-refractivity contribution is 8.18. The van der Waals surface area contributed by atoms with Gasteiger partial charge < -0.3 is 19.3 Å². The van der Waals surface area contributed by atoms with E-state index >= 15 is 0 Å². The Hall–Kier alpha value is -4.02. The Balaban J connectivity index is 1.22. The molecule has 11 heteroatoms. The van der Waals surface area contributed by atoms with Crippen LogP contribution in [0.4, 0.5) is 14.9 Å². The fourth-order valence-corrected chi connectivity index (χ4v) is 5.69. The first kappa shape index (κ1) is 28.5. The molecule has 2 saturated heterocycles. The molecular formula is C30H27ClFN3O5S. The van der Waals surface area contributed by atoms with Crippen LogP contribution in [0.25, 0.3) is 6.08 Å². The summed E-state index contributed by atoms with van der Waals surface area (Å²) in [4.78, 5) is 43.8. The minimum Gasteiger partial charge on any atom is -0.493 e. The Morgan fingerprint density at radius 1 is 1.02 bits per heavy atom. The van der Waals surface area contributed by atoms with Crippen molar-refractivity contribution in [1.82, 2.24) is 9.80 Å². The minimum atomic E-state index is -0.539. The molecule has 2 aliphatic rings. The summed E-state index contributed by atoms with van der Waals surface area (Å²) < 4.78 is 24.4. The number of amides is 3. The van der Waals surface area contributed by atoms with Crippen molar-refractivity contribution < 1.29 is 28.2 Å². The van der Waals surface area contributed by atoms with Crippen LogP contribution in [0.15, 0.2) is 71.6 Å². The summed E-state index contributed by atoms with van der Waals surface area (Å²) >= 11 is 7.24. The molecule has 2 heterocycles. The first-order chi connectivity index (χ1) is 19.8. The van der Waals surface area contributed by atoms with Crippen LogP contribution in [0.5, 0.6) is 11.5 Å². The fraction of sp³-hybridized carbons (Fsp3) is 0.233. The van der Waals surface area contributed by atoms with E-state index < -0.39 is 11.1 Å². The summed E-state index contributed by atoms with van der Waals surface area (Å²) in [6, 6.07) is 19.1. The Labute approximate surface area is 246 Å². The average molecular weight is 596 g/mol. The molecule has 0 unspecified atom stereocenters. The number of benzene rings is 3. The quantitative estimate of drug-likeness (QED) is 0.320. The van der Waals surface area contributed by atoms with Crippen molar-refractivity contribution in [2.45, 2.75) is 6.61 Å². The molecule has 5 rings (SSSR count). The fourth-order valence-electron chi connectivity index (χ4n) is 4.58. The second-order valence-corrected chi connectivity index (χ2v) is 10.8. The van der Waals surface area contributed by atoms with Crippen molar-refractivity contribution in [2.24, 2.45) is 0 Å². The number of methoxy groups -OCH3 is 1. The number of carbonyl (C=O) groups is 3. The van der Waals surface area contributed by atoms with Crippen LogP contribution in [-0.4, -0.2) is 66.7 Å². The van der Waals surface area contributed by atoms with E-state index in [1.54, 1.807) is 29.2 Å². The second kappa shape index (κ2) is 12.7. The lowest BCUT2D eigenvalue weighted by atomic mass is 10.1. The van der Waals surface area contributed by atoms with Gasteiger partial charge in [-0.05, 0) is 65.4 Å². The van der Waals surface area contributed by atoms with Gasteiger partial charge in [0, 0.05) is 31.9 Å². The van der Waals surface area contributed by atoms with Crippen LogP contribution in [-0.2, 0) is 16.2 Å². The third-order valence-corrected chi connectivity index (χ3v) is 7.95. The van der Waals surface area contributed by atoms with E-state index in [2.05, 4.69) is 4.90 Å². The van der Waals surface area contributed by atoms with Crippen molar-refractivity contribution >= 4 is 52.2 Å². The molecule has 0 saturated carbocycles. The van der Waals surface area contributed by atoms with Gasteiger partial charge >= 0.3 is 0 Å². The maximum Gasteiger partial charge on any atom is 0.294 e. The lowest BCUT2D eigenvalue weighted by Crippen LogP contribution is -2.51. The zero-order chi connectivity index (χ0) is 28.9. The van der Waals surface area contributed by atoms with Gasteiger partial charge in [-0.1, -0.05) is 41.9 Å². The standard InChI is InChI=1S/C30H27ClFN3O5S/c1-39-25-16-21(15-24(31)28(25)40-19-20-7-9-22(32)10-8-20)17-26-29(37)35(30(38)41-26)18-27(36)34-13-11-33(12-14-34)23-5-3-2-4-6-23/h2-10,15-17H,11-14,18-19H2,1H3/b26-17+. The molecule has 2 aliphatic heterocycles. The van der Waals surface area contributed by atoms with Gasteiger partial charge in [-0.25, -0.2) is 4.39 Å². The van der Waals surface area contributed by atoms with Crippen LogP contribution in [0.1, 0.15) is 11.1 Å². The van der Waals surface area contributed by atoms with E-state index in [-0.39, 0.29) is 34.8 Å². The van der Waals surface area contributed by atoms with Crippen molar-refractivity contribution in [1.29, 1.82) is 0 Å². The van der Waals surface area contributed by atoms with Gasteiger partial charge in [0.1, 0.15) is 19.0 Å². The third-order valence-electron chi connectivity index (χ3n) is 6.77. The molecule has 8 nitrogen and oxygen atoms in total. The van der Waals surface area contributed by atoms with Crippen LogP contribution in [0, 0.1) is 5.82 Å². The van der Waals surface area contributed by atoms with Gasteiger partial charge in [0.2, 0.25) is 5.91 Å². The monoisotopic (exact) mass is 595 g/mol. The lowest BCUT2D eigenvalue weighted by molar-refractivity contribution is -0.136. The highest BCUT2D eigenvalue weighted by Crippen LogP contribution is 2.39. The van der Waals surface area contributed by atoms with Crippen LogP contribution < -0.4 is 14.4 Å². The summed E-state index contributed by atoms with van der Waals surface area (Å²) in [5.74, 6) is -0.530. The van der Waals surface area contributed by atoms with Gasteiger partial charge in [0.25, 0.3) is 11.1 Å². The van der Waals surface area contributed by atoms with E-state index in [1.165, 1.54) is 25.3 Å². The third kappa shape index (κ3) is 6.66. The molecular weight excluding hydrogens is 569 g/mol. The molecule has 0 atom stereocenters. The summed E-state index contributed by atoms with van der Waals surface area (Å²) in [6.45, 7) is 2.19. The first-order valence-corrected chi connectivity index (χ1v) is 14.1. The number of nitrogens with zero attached hydrogens (tertiary/aromatic N) is 3. The van der Waals surface area contributed by atoms with E-state index in [0.29, 0.717) is 43.2 Å². The number of thioether (sulfide) groups is 1. The molecule has 3 amide bonds. The lowest BCUT2D eigenvalue weighted by Gasteiger charge is -2.36. The van der Waals surface area contributed by atoms with Crippen molar-refractivity contribution in [3.8, 4) is 11.5 Å². The van der Waals surface area contributed by atoms with Crippen LogP contribution in [0.3, 0.4) is 0 Å². The number of imide groups is 1. The summed E-state index contributed by atoms with van der Waals surface area (Å²) in [6.07, 6.45) is 1.53. The largest absolute Gasteiger partial charge is 0.493 e. The number of rotatable bonds is 8. The van der Waals surface area contributed by atoms with Gasteiger partial charge in [-0.15, -0.1) is 0 Å². The number of hydrogen-bond donors (Lipinski definition) is 0. The number of anilines is 1. The van der Waals surface area contributed by atoms with Gasteiger partial charge in [-0.2, -0.15) is 0 Å². The number of para-hydroxylation sites is 1. The summed E-state index contributed by atoms with van der Waals surface area (Å²) in [5, 5.41) is -0.267. The smallest absolute Gasteiger partial charge is 0.294 e. The predicted molar refractivity (Wildman–Crippen MR) is 157 cm³/mol. The van der Waals surface area contributed by atoms with Crippen LogP contribution >= 0.6 is 23.4 Å². The number of hydrogen-bond acceptors (Lipinski definition) is 7. The minimum absolute atomic E-state index is 0.143. The molecule has 0 spiro atoms. The highest BCUT2D eigenvalue weighted by Gasteiger charge is 2.37. The SMILES string of the molecule is COc1cc(/C=C2/SC(=O)N(CC(=O)N3CCN(c4ccccc4)CC3)C2=O)cc(Cl)c1OCc1ccc(F)cc1. The number of piperazine rings is 1. The maximum absolute atomic E-state index is 13.2. The van der Waals surface area contributed by atoms with Crippen molar-refractivity contribution in [3.63, 3.8) is 0 Å². The van der Waals surface area contributed by atoms with Gasteiger partial charge in [0.05, 0.1) is 17.0 Å². The number of halogens is 2. The van der Waals surface area contributed by atoms with E-state index in [9.17, 15) is 18.8 Å². The van der Waals surface area contributed by atoms with E-state index in [0.717, 1.165) is 27.9 Å². The first-order valence-electron chi connectivity index (χ1n) is 12.9. The Kier molecular flexibility index (Phi) is 8.80. The van der Waals surface area contributed by atoms with Crippen LogP contribution in [0.2, 0.25) is 5.02 Å².